The normalized spacial score (nSPS) is 17.8. The third-order valence-corrected chi connectivity index (χ3v) is 5.72. The summed E-state index contributed by atoms with van der Waals surface area (Å²) >= 11 is 1.54. The smallest absolute Gasteiger partial charge is 0.252 e. The molecule has 3 N–H and O–H groups in total. The van der Waals surface area contributed by atoms with Crippen LogP contribution in [0.1, 0.15) is 39.9 Å². The van der Waals surface area contributed by atoms with Gasteiger partial charge >= 0.3 is 0 Å². The Morgan fingerprint density at radius 1 is 1.31 bits per heavy atom. The molecule has 2 amide bonds. The highest BCUT2D eigenvalue weighted by Crippen LogP contribution is 2.19. The number of rotatable bonds is 6. The molecule has 26 heavy (non-hydrogen) atoms. The molecule has 1 unspecified atom stereocenters. The average molecular weight is 372 g/mol. The average Bonchev–Trinajstić information content (AvgIpc) is 3.06. The Bertz CT molecular complexity index is 787. The molecule has 1 aromatic heterocycles. The number of hydrogen-bond donors (Lipinski definition) is 2. The first-order chi connectivity index (χ1) is 12.5. The maximum absolute atomic E-state index is 12.2. The number of benzene rings is 1. The van der Waals surface area contributed by atoms with Crippen LogP contribution in [-0.2, 0) is 17.9 Å². The number of nitrogens with two attached hydrogens (primary N) is 1. The van der Waals surface area contributed by atoms with Crippen molar-refractivity contribution in [3.8, 4) is 0 Å². The van der Waals surface area contributed by atoms with Gasteiger partial charge in [-0.15, -0.1) is 0 Å². The number of primary amides is 1. The minimum Gasteiger partial charge on any atom is -0.369 e. The topological polar surface area (TPSA) is 75.4 Å². The predicted octanol–water partition coefficient (Wildman–Crippen LogP) is 2.68. The van der Waals surface area contributed by atoms with E-state index in [9.17, 15) is 9.59 Å². The first-order valence-electron chi connectivity index (χ1n) is 8.93. The van der Waals surface area contributed by atoms with E-state index in [1.165, 1.54) is 5.56 Å². The molecule has 138 valence electrons. The highest BCUT2D eigenvalue weighted by molar-refractivity contribution is 7.08. The van der Waals surface area contributed by atoms with Crippen LogP contribution in [0, 0.1) is 12.8 Å². The van der Waals surface area contributed by atoms with E-state index in [-0.39, 0.29) is 17.7 Å². The number of likely N-dealkylation sites (tertiary alicyclic amines) is 1. The second-order valence-electron chi connectivity index (χ2n) is 6.95. The Labute approximate surface area is 158 Å². The Morgan fingerprint density at radius 3 is 2.85 bits per heavy atom. The summed E-state index contributed by atoms with van der Waals surface area (Å²) in [6.45, 7) is 4.97. The summed E-state index contributed by atoms with van der Waals surface area (Å²) in [4.78, 5) is 26.0. The van der Waals surface area contributed by atoms with Gasteiger partial charge in [0.25, 0.3) is 5.91 Å². The van der Waals surface area contributed by atoms with Gasteiger partial charge in [-0.05, 0) is 48.4 Å². The molecule has 0 bridgehead atoms. The van der Waals surface area contributed by atoms with E-state index >= 15 is 0 Å². The molecule has 2 heterocycles. The number of nitrogens with one attached hydrogen (secondary N) is 1. The molecule has 3 rings (SSSR count). The SMILES string of the molecule is Cc1cscc1C(=O)NCc1cccc(CN2CCCC(C(N)=O)C2)c1. The maximum atomic E-state index is 12.2. The fraction of sp³-hybridized carbons (Fsp3) is 0.400. The van der Waals surface area contributed by atoms with Crippen LogP contribution in [0.25, 0.3) is 0 Å². The molecule has 2 aromatic rings. The second kappa shape index (κ2) is 8.47. The number of thiophene rings is 1. The molecule has 0 spiro atoms. The largest absolute Gasteiger partial charge is 0.369 e. The van der Waals surface area contributed by atoms with Crippen molar-refractivity contribution in [2.45, 2.75) is 32.9 Å². The molecule has 0 saturated carbocycles. The summed E-state index contributed by atoms with van der Waals surface area (Å²) in [5.41, 5.74) is 9.48. The molecule has 6 heteroatoms. The lowest BCUT2D eigenvalue weighted by atomic mass is 9.97. The van der Waals surface area contributed by atoms with Gasteiger partial charge in [0.2, 0.25) is 5.91 Å². The van der Waals surface area contributed by atoms with Crippen molar-refractivity contribution < 1.29 is 9.59 Å². The van der Waals surface area contributed by atoms with Gasteiger partial charge in [-0.1, -0.05) is 24.3 Å². The summed E-state index contributed by atoms with van der Waals surface area (Å²) in [5.74, 6) is -0.274. The van der Waals surface area contributed by atoms with Crippen molar-refractivity contribution in [1.82, 2.24) is 10.2 Å². The summed E-state index contributed by atoms with van der Waals surface area (Å²) in [6, 6.07) is 8.24. The minimum atomic E-state index is -0.199. The van der Waals surface area contributed by atoms with E-state index in [4.69, 9.17) is 5.73 Å². The molecule has 5 nitrogen and oxygen atoms in total. The molecule has 1 aliphatic heterocycles. The first-order valence-corrected chi connectivity index (χ1v) is 9.87. The van der Waals surface area contributed by atoms with E-state index in [0.717, 1.165) is 49.2 Å². The van der Waals surface area contributed by atoms with Crippen molar-refractivity contribution >= 4 is 23.2 Å². The van der Waals surface area contributed by atoms with E-state index in [0.29, 0.717) is 6.54 Å². The van der Waals surface area contributed by atoms with Gasteiger partial charge in [0.1, 0.15) is 0 Å². The van der Waals surface area contributed by atoms with E-state index in [1.807, 2.05) is 29.8 Å². The predicted molar refractivity (Wildman–Crippen MR) is 104 cm³/mol. The first kappa shape index (κ1) is 18.6. The molecule has 0 aliphatic carbocycles. The molecular formula is C20H25N3O2S. The van der Waals surface area contributed by atoms with E-state index < -0.39 is 0 Å². The van der Waals surface area contributed by atoms with Crippen LogP contribution in [0.5, 0.6) is 0 Å². The van der Waals surface area contributed by atoms with Crippen LogP contribution in [0.15, 0.2) is 35.0 Å². The fourth-order valence-corrected chi connectivity index (χ4v) is 4.23. The quantitative estimate of drug-likeness (QED) is 0.820. The monoisotopic (exact) mass is 371 g/mol. The zero-order valence-corrected chi connectivity index (χ0v) is 15.8. The van der Waals surface area contributed by atoms with Crippen molar-refractivity contribution in [3.05, 3.63) is 57.3 Å². The number of aryl methyl sites for hydroxylation is 1. The molecule has 1 aliphatic rings. The maximum Gasteiger partial charge on any atom is 0.252 e. The Morgan fingerprint density at radius 2 is 2.12 bits per heavy atom. The molecule has 1 aromatic carbocycles. The standard InChI is InChI=1S/C20H25N3O2S/c1-14-12-26-13-18(14)20(25)22-9-15-4-2-5-16(8-15)10-23-7-3-6-17(11-23)19(21)24/h2,4-5,8,12-13,17H,3,6-7,9-11H2,1H3,(H2,21,24)(H,22,25). The van der Waals surface area contributed by atoms with Gasteiger partial charge in [-0.2, -0.15) is 11.3 Å². The Hall–Kier alpha value is -2.18. The summed E-state index contributed by atoms with van der Waals surface area (Å²) in [7, 11) is 0. The van der Waals surface area contributed by atoms with Gasteiger partial charge in [0, 0.05) is 25.0 Å². The van der Waals surface area contributed by atoms with Crippen LogP contribution in [0.4, 0.5) is 0 Å². The number of carbonyl (C=O) groups excluding carboxylic acids is 2. The number of carbonyl (C=O) groups is 2. The summed E-state index contributed by atoms with van der Waals surface area (Å²) in [5, 5.41) is 6.85. The van der Waals surface area contributed by atoms with Crippen LogP contribution < -0.4 is 11.1 Å². The van der Waals surface area contributed by atoms with Gasteiger partial charge in [0.05, 0.1) is 11.5 Å². The number of hydrogen-bond acceptors (Lipinski definition) is 4. The summed E-state index contributed by atoms with van der Waals surface area (Å²) in [6.07, 6.45) is 1.89. The van der Waals surface area contributed by atoms with Crippen molar-refractivity contribution in [2.24, 2.45) is 11.7 Å². The lowest BCUT2D eigenvalue weighted by Gasteiger charge is -2.31. The zero-order chi connectivity index (χ0) is 18.5. The van der Waals surface area contributed by atoms with Gasteiger partial charge < -0.3 is 11.1 Å². The molecular weight excluding hydrogens is 346 g/mol. The molecule has 0 radical (unpaired) electrons. The number of piperidine rings is 1. The number of nitrogens with zero attached hydrogens (tertiary/aromatic N) is 1. The van der Waals surface area contributed by atoms with Crippen LogP contribution in [0.3, 0.4) is 0 Å². The Balaban J connectivity index is 1.57. The highest BCUT2D eigenvalue weighted by atomic mass is 32.1. The number of amides is 2. The lowest BCUT2D eigenvalue weighted by Crippen LogP contribution is -2.40. The van der Waals surface area contributed by atoms with Crippen LogP contribution in [0.2, 0.25) is 0 Å². The van der Waals surface area contributed by atoms with Crippen molar-refractivity contribution in [1.29, 1.82) is 0 Å². The van der Waals surface area contributed by atoms with E-state index in [2.05, 4.69) is 22.3 Å². The second-order valence-corrected chi connectivity index (χ2v) is 7.69. The highest BCUT2D eigenvalue weighted by Gasteiger charge is 2.23. The zero-order valence-electron chi connectivity index (χ0n) is 15.0. The molecule has 1 atom stereocenters. The van der Waals surface area contributed by atoms with Gasteiger partial charge in [0.15, 0.2) is 0 Å². The third-order valence-electron chi connectivity index (χ3n) is 4.86. The minimum absolute atomic E-state index is 0.0329. The van der Waals surface area contributed by atoms with Crippen LogP contribution in [-0.4, -0.2) is 29.8 Å². The third kappa shape index (κ3) is 4.71. The van der Waals surface area contributed by atoms with Crippen molar-refractivity contribution in [2.75, 3.05) is 13.1 Å². The van der Waals surface area contributed by atoms with E-state index in [1.54, 1.807) is 11.3 Å². The Kier molecular flexibility index (Phi) is 6.06. The lowest BCUT2D eigenvalue weighted by molar-refractivity contribution is -0.123. The van der Waals surface area contributed by atoms with Gasteiger partial charge in [-0.25, -0.2) is 0 Å². The summed E-state index contributed by atoms with van der Waals surface area (Å²) < 4.78 is 0. The fourth-order valence-electron chi connectivity index (χ4n) is 3.40. The van der Waals surface area contributed by atoms with Crippen molar-refractivity contribution in [3.63, 3.8) is 0 Å². The van der Waals surface area contributed by atoms with Crippen LogP contribution >= 0.6 is 11.3 Å². The molecule has 1 saturated heterocycles. The molecule has 1 fully saturated rings. The van der Waals surface area contributed by atoms with Gasteiger partial charge in [-0.3, -0.25) is 14.5 Å².